The van der Waals surface area contributed by atoms with Crippen molar-refractivity contribution < 1.29 is 0 Å². The highest BCUT2D eigenvalue weighted by Crippen LogP contribution is 2.45. The molecule has 0 saturated heterocycles. The Morgan fingerprint density at radius 3 is 0.863 bits per heavy atom. The van der Waals surface area contributed by atoms with E-state index in [4.69, 9.17) is 0 Å². The lowest BCUT2D eigenvalue weighted by atomic mass is 9.87. The van der Waals surface area contributed by atoms with Crippen molar-refractivity contribution in [3.8, 4) is 22.3 Å². The highest BCUT2D eigenvalue weighted by molar-refractivity contribution is 6.24. The zero-order valence-corrected chi connectivity index (χ0v) is 44.1. The summed E-state index contributed by atoms with van der Waals surface area (Å²) in [4.78, 5) is 4.78. The maximum Gasteiger partial charge on any atom is 0.0540 e. The van der Waals surface area contributed by atoms with E-state index in [1.165, 1.54) is 87.2 Å². The minimum absolute atomic E-state index is 1.09. The van der Waals surface area contributed by atoms with E-state index in [2.05, 4.69) is 337 Å². The molecule has 0 bridgehead atoms. The Kier molecular flexibility index (Phi) is 12.6. The number of nitrogens with zero attached hydrogens (tertiary/aromatic N) is 2. The predicted molar refractivity (Wildman–Crippen MR) is 345 cm³/mol. The van der Waals surface area contributed by atoms with Gasteiger partial charge in [0.2, 0.25) is 0 Å². The van der Waals surface area contributed by atoms with Gasteiger partial charge in [-0.1, -0.05) is 255 Å². The maximum absolute atomic E-state index is 2.43. The molecule has 376 valence electrons. The van der Waals surface area contributed by atoms with Gasteiger partial charge in [0.15, 0.2) is 0 Å². The van der Waals surface area contributed by atoms with E-state index in [1.807, 2.05) is 0 Å². The molecule has 0 amide bonds. The molecule has 14 aromatic rings. The fourth-order valence-corrected chi connectivity index (χ4v) is 11.7. The van der Waals surface area contributed by atoms with E-state index in [0.717, 1.165) is 45.3 Å². The standard InChI is InChI=1S/C78H54N2/c1-3-17-55(18-4-1)33-35-57-37-45-63(46-38-57)79(77-31-15-23-59-21-7-9-25-67(59)77)65-49-41-61(42-50-65)73-53-75-72-30-14-12-28-70(72)74(54-76(75)71-29-13-11-27-69(71)73)62-43-51-66(52-44-62)80(78-32-16-24-60-22-8-10-26-68(60)78)64-47-39-58(40-48-64)36-34-56-19-5-2-6-20-56/h1-54H/b35-33-,36-34?. The monoisotopic (exact) mass is 1020 g/mol. The van der Waals surface area contributed by atoms with Crippen LogP contribution < -0.4 is 9.80 Å². The van der Waals surface area contributed by atoms with Gasteiger partial charge in [0.05, 0.1) is 11.4 Å². The van der Waals surface area contributed by atoms with Gasteiger partial charge in [0, 0.05) is 33.5 Å². The smallest absolute Gasteiger partial charge is 0.0540 e. The van der Waals surface area contributed by atoms with Crippen molar-refractivity contribution in [2.24, 2.45) is 0 Å². The van der Waals surface area contributed by atoms with Crippen LogP contribution in [0.1, 0.15) is 22.3 Å². The minimum Gasteiger partial charge on any atom is -0.310 e. The summed E-state index contributed by atoms with van der Waals surface area (Å²) in [5.41, 5.74) is 16.1. The third kappa shape index (κ3) is 9.25. The molecule has 0 aliphatic carbocycles. The molecule has 0 heterocycles. The van der Waals surface area contributed by atoms with Crippen molar-refractivity contribution in [2.75, 3.05) is 9.80 Å². The molecule has 0 radical (unpaired) electrons. The predicted octanol–water partition coefficient (Wildman–Crippen LogP) is 22.1. The lowest BCUT2D eigenvalue weighted by molar-refractivity contribution is 1.30. The van der Waals surface area contributed by atoms with Gasteiger partial charge in [-0.25, -0.2) is 0 Å². The summed E-state index contributed by atoms with van der Waals surface area (Å²) < 4.78 is 0. The second kappa shape index (κ2) is 21.1. The highest BCUT2D eigenvalue weighted by atomic mass is 15.1. The topological polar surface area (TPSA) is 6.48 Å². The van der Waals surface area contributed by atoms with Gasteiger partial charge in [-0.2, -0.15) is 0 Å². The van der Waals surface area contributed by atoms with Crippen molar-refractivity contribution in [2.45, 2.75) is 0 Å². The second-order valence-electron chi connectivity index (χ2n) is 20.5. The molecule has 2 nitrogen and oxygen atoms in total. The summed E-state index contributed by atoms with van der Waals surface area (Å²) in [5, 5.41) is 12.2. The number of benzene rings is 14. The summed E-state index contributed by atoms with van der Waals surface area (Å²) >= 11 is 0. The molecular weight excluding hydrogens is 965 g/mol. The Balaban J connectivity index is 0.835. The summed E-state index contributed by atoms with van der Waals surface area (Å²) in [6.45, 7) is 0. The summed E-state index contributed by atoms with van der Waals surface area (Å²) in [6.07, 6.45) is 8.70. The van der Waals surface area contributed by atoms with Gasteiger partial charge in [-0.05, 0) is 160 Å². The molecule has 0 fully saturated rings. The zero-order valence-electron chi connectivity index (χ0n) is 44.1. The van der Waals surface area contributed by atoms with Crippen LogP contribution in [0, 0.1) is 0 Å². The summed E-state index contributed by atoms with van der Waals surface area (Å²) in [7, 11) is 0. The molecule has 0 spiro atoms. The molecule has 0 aliphatic rings. The van der Waals surface area contributed by atoms with Gasteiger partial charge in [-0.15, -0.1) is 0 Å². The van der Waals surface area contributed by atoms with Gasteiger partial charge in [-0.3, -0.25) is 0 Å². The Hall–Kier alpha value is -10.5. The Morgan fingerprint density at radius 2 is 0.487 bits per heavy atom. The molecule has 0 atom stereocenters. The van der Waals surface area contributed by atoms with Crippen LogP contribution in [-0.2, 0) is 0 Å². The van der Waals surface area contributed by atoms with Crippen LogP contribution in [0.15, 0.2) is 303 Å². The fraction of sp³-hybridized carbons (Fsp3) is 0. The van der Waals surface area contributed by atoms with E-state index < -0.39 is 0 Å². The lowest BCUT2D eigenvalue weighted by Crippen LogP contribution is -2.10. The number of rotatable bonds is 12. The molecule has 0 aliphatic heterocycles. The van der Waals surface area contributed by atoms with Crippen molar-refractivity contribution >= 4 is 112 Å². The average molecular weight is 1020 g/mol. The molecular formula is C78H54N2. The minimum atomic E-state index is 1.09. The molecule has 80 heavy (non-hydrogen) atoms. The van der Waals surface area contributed by atoms with Crippen LogP contribution in [0.3, 0.4) is 0 Å². The second-order valence-corrected chi connectivity index (χ2v) is 20.5. The number of hydrogen-bond donors (Lipinski definition) is 0. The molecule has 0 unspecified atom stereocenters. The zero-order chi connectivity index (χ0) is 53.2. The third-order valence-corrected chi connectivity index (χ3v) is 15.6. The number of fused-ring (bicyclic) bond motifs is 7. The first-order chi connectivity index (χ1) is 39.7. The Morgan fingerprint density at radius 1 is 0.200 bits per heavy atom. The lowest BCUT2D eigenvalue weighted by Gasteiger charge is -2.27. The molecule has 0 saturated carbocycles. The fourth-order valence-electron chi connectivity index (χ4n) is 11.7. The first-order valence-electron chi connectivity index (χ1n) is 27.5. The van der Waals surface area contributed by atoms with Crippen molar-refractivity contribution in [1.29, 1.82) is 0 Å². The van der Waals surface area contributed by atoms with Gasteiger partial charge in [0.1, 0.15) is 0 Å². The Bertz CT molecular complexity index is 4290. The van der Waals surface area contributed by atoms with Crippen LogP contribution in [0.4, 0.5) is 34.1 Å². The number of anilines is 6. The SMILES string of the molecule is C(=Cc1ccc(N(c2ccc(-c3cc4c5ccccc5c(-c5ccc(N(c6ccc(/C=C\c7ccccc7)cc6)c6cccc7ccccc67)cc5)cc4c4ccccc34)cc2)c2cccc3ccccc23)cc1)c1ccccc1. The normalized spacial score (nSPS) is 11.7. The molecule has 2 heteroatoms. The van der Waals surface area contributed by atoms with E-state index in [1.54, 1.807) is 0 Å². The molecule has 14 aromatic carbocycles. The van der Waals surface area contributed by atoms with Crippen LogP contribution in [-0.4, -0.2) is 0 Å². The van der Waals surface area contributed by atoms with Crippen LogP contribution in [0.2, 0.25) is 0 Å². The van der Waals surface area contributed by atoms with Crippen LogP contribution >= 0.6 is 0 Å². The van der Waals surface area contributed by atoms with Crippen LogP contribution in [0.25, 0.3) is 100 Å². The molecule has 0 N–H and O–H groups in total. The van der Waals surface area contributed by atoms with Crippen LogP contribution in [0.5, 0.6) is 0 Å². The average Bonchev–Trinajstić information content (AvgIpc) is 3.67. The quantitative estimate of drug-likeness (QED) is 0.0889. The first kappa shape index (κ1) is 47.9. The van der Waals surface area contributed by atoms with Crippen molar-refractivity contribution in [3.63, 3.8) is 0 Å². The largest absolute Gasteiger partial charge is 0.310 e. The Labute approximate surface area is 467 Å². The first-order valence-corrected chi connectivity index (χ1v) is 27.5. The summed E-state index contributed by atoms with van der Waals surface area (Å²) in [6, 6.07) is 110. The van der Waals surface area contributed by atoms with Gasteiger partial charge in [0.25, 0.3) is 0 Å². The van der Waals surface area contributed by atoms with E-state index in [-0.39, 0.29) is 0 Å². The van der Waals surface area contributed by atoms with Gasteiger partial charge >= 0.3 is 0 Å². The van der Waals surface area contributed by atoms with Crippen molar-refractivity contribution in [3.05, 3.63) is 326 Å². The maximum atomic E-state index is 2.43. The molecule has 14 rings (SSSR count). The molecule has 0 aromatic heterocycles. The summed E-state index contributed by atoms with van der Waals surface area (Å²) in [5.74, 6) is 0. The van der Waals surface area contributed by atoms with E-state index in [9.17, 15) is 0 Å². The van der Waals surface area contributed by atoms with Gasteiger partial charge < -0.3 is 9.80 Å². The number of hydrogen-bond acceptors (Lipinski definition) is 2. The third-order valence-electron chi connectivity index (χ3n) is 15.6. The van der Waals surface area contributed by atoms with Crippen molar-refractivity contribution in [1.82, 2.24) is 0 Å². The van der Waals surface area contributed by atoms with E-state index >= 15 is 0 Å². The highest BCUT2D eigenvalue weighted by Gasteiger charge is 2.20. The van der Waals surface area contributed by atoms with E-state index in [0.29, 0.717) is 0 Å².